The van der Waals surface area contributed by atoms with Gasteiger partial charge in [0.1, 0.15) is 0 Å². The highest BCUT2D eigenvalue weighted by molar-refractivity contribution is 5.92. The molecule has 148 valence electrons. The number of rotatable bonds is 5. The van der Waals surface area contributed by atoms with Gasteiger partial charge in [-0.1, -0.05) is 29.8 Å². The summed E-state index contributed by atoms with van der Waals surface area (Å²) >= 11 is 0. The highest BCUT2D eigenvalue weighted by Crippen LogP contribution is 2.15. The maximum atomic E-state index is 12.3. The number of nitrogens with one attached hydrogen (secondary N) is 1. The van der Waals surface area contributed by atoms with Crippen LogP contribution < -0.4 is 15.1 Å². The number of piperazine rings is 1. The van der Waals surface area contributed by atoms with Gasteiger partial charge in [-0.25, -0.2) is 9.97 Å². The molecular formula is C21H23N7O. The first-order valence-corrected chi connectivity index (χ1v) is 9.63. The van der Waals surface area contributed by atoms with Crippen LogP contribution in [0.4, 0.5) is 11.8 Å². The van der Waals surface area contributed by atoms with Crippen LogP contribution in [-0.4, -0.2) is 52.3 Å². The largest absolute Gasteiger partial charge is 0.352 e. The predicted molar refractivity (Wildman–Crippen MR) is 111 cm³/mol. The summed E-state index contributed by atoms with van der Waals surface area (Å²) in [6, 6.07) is 13.4. The van der Waals surface area contributed by atoms with Gasteiger partial charge in [-0.15, -0.1) is 10.2 Å². The Hall–Kier alpha value is -3.55. The molecule has 8 nitrogen and oxygen atoms in total. The SMILES string of the molecule is Cc1cccc(CNC(=O)c2ccc(N3CCN(c4ncccn4)CC3)nn2)c1. The zero-order valence-electron chi connectivity index (χ0n) is 16.3. The van der Waals surface area contributed by atoms with Gasteiger partial charge >= 0.3 is 0 Å². The molecule has 0 atom stereocenters. The number of nitrogens with zero attached hydrogens (tertiary/aromatic N) is 6. The van der Waals surface area contributed by atoms with Gasteiger partial charge in [0.15, 0.2) is 11.5 Å². The summed E-state index contributed by atoms with van der Waals surface area (Å²) in [5.74, 6) is 1.30. The van der Waals surface area contributed by atoms with Crippen molar-refractivity contribution in [2.45, 2.75) is 13.5 Å². The Kier molecular flexibility index (Phi) is 5.60. The second-order valence-electron chi connectivity index (χ2n) is 6.97. The van der Waals surface area contributed by atoms with Gasteiger partial charge in [0.2, 0.25) is 5.95 Å². The van der Waals surface area contributed by atoms with Crippen LogP contribution in [0.3, 0.4) is 0 Å². The maximum absolute atomic E-state index is 12.3. The number of carbonyl (C=O) groups excluding carboxylic acids is 1. The van der Waals surface area contributed by atoms with E-state index in [1.807, 2.05) is 37.3 Å². The van der Waals surface area contributed by atoms with Crippen molar-refractivity contribution >= 4 is 17.7 Å². The lowest BCUT2D eigenvalue weighted by molar-refractivity contribution is 0.0945. The topological polar surface area (TPSA) is 87.1 Å². The normalized spacial score (nSPS) is 14.0. The molecule has 0 unspecified atom stereocenters. The van der Waals surface area contributed by atoms with Crippen molar-refractivity contribution in [1.82, 2.24) is 25.5 Å². The molecule has 0 radical (unpaired) electrons. The molecule has 1 aliphatic rings. The number of aryl methyl sites for hydroxylation is 1. The molecule has 1 aliphatic heterocycles. The van der Waals surface area contributed by atoms with Crippen LogP contribution in [0, 0.1) is 6.92 Å². The van der Waals surface area contributed by atoms with Crippen molar-refractivity contribution in [1.29, 1.82) is 0 Å². The number of carbonyl (C=O) groups is 1. The monoisotopic (exact) mass is 389 g/mol. The van der Waals surface area contributed by atoms with Crippen LogP contribution in [-0.2, 0) is 6.54 Å². The maximum Gasteiger partial charge on any atom is 0.272 e. The first-order valence-electron chi connectivity index (χ1n) is 9.63. The third-order valence-electron chi connectivity index (χ3n) is 4.86. The Bertz CT molecular complexity index is 954. The van der Waals surface area contributed by atoms with Crippen molar-refractivity contribution in [3.05, 3.63) is 71.7 Å². The summed E-state index contributed by atoms with van der Waals surface area (Å²) in [4.78, 5) is 25.2. The molecule has 3 heterocycles. The summed E-state index contributed by atoms with van der Waals surface area (Å²) in [6.45, 7) is 5.71. The summed E-state index contributed by atoms with van der Waals surface area (Å²) < 4.78 is 0. The average molecular weight is 389 g/mol. The van der Waals surface area contributed by atoms with Gasteiger partial charge in [-0.2, -0.15) is 0 Å². The van der Waals surface area contributed by atoms with E-state index in [2.05, 4.69) is 41.3 Å². The molecule has 8 heteroatoms. The molecule has 1 aromatic carbocycles. The van der Waals surface area contributed by atoms with Crippen LogP contribution in [0.1, 0.15) is 21.6 Å². The van der Waals surface area contributed by atoms with E-state index in [0.717, 1.165) is 43.5 Å². The molecule has 0 saturated carbocycles. The molecule has 2 aromatic heterocycles. The smallest absolute Gasteiger partial charge is 0.272 e. The van der Waals surface area contributed by atoms with Gasteiger partial charge in [-0.05, 0) is 30.7 Å². The Morgan fingerprint density at radius 2 is 1.72 bits per heavy atom. The Morgan fingerprint density at radius 1 is 0.966 bits per heavy atom. The molecule has 0 spiro atoms. The van der Waals surface area contributed by atoms with E-state index in [9.17, 15) is 4.79 Å². The summed E-state index contributed by atoms with van der Waals surface area (Å²) in [6.07, 6.45) is 3.51. The van der Waals surface area contributed by atoms with E-state index in [0.29, 0.717) is 12.2 Å². The third kappa shape index (κ3) is 4.66. The van der Waals surface area contributed by atoms with Gasteiger partial charge in [-0.3, -0.25) is 4.79 Å². The molecule has 4 rings (SSSR count). The molecule has 1 amide bonds. The summed E-state index contributed by atoms with van der Waals surface area (Å²) in [5.41, 5.74) is 2.54. The second-order valence-corrected chi connectivity index (χ2v) is 6.97. The Balaban J connectivity index is 1.31. The lowest BCUT2D eigenvalue weighted by Gasteiger charge is -2.35. The number of amides is 1. The average Bonchev–Trinajstić information content (AvgIpc) is 2.78. The fourth-order valence-electron chi connectivity index (χ4n) is 3.30. The minimum atomic E-state index is -0.225. The van der Waals surface area contributed by atoms with Crippen molar-refractivity contribution in [2.24, 2.45) is 0 Å². The zero-order chi connectivity index (χ0) is 20.1. The van der Waals surface area contributed by atoms with E-state index in [1.54, 1.807) is 18.5 Å². The van der Waals surface area contributed by atoms with Gasteiger partial charge in [0.25, 0.3) is 5.91 Å². The van der Waals surface area contributed by atoms with Crippen molar-refractivity contribution < 1.29 is 4.79 Å². The fourth-order valence-corrected chi connectivity index (χ4v) is 3.30. The van der Waals surface area contributed by atoms with Gasteiger partial charge in [0.05, 0.1) is 0 Å². The van der Waals surface area contributed by atoms with Crippen LogP contribution in [0.25, 0.3) is 0 Å². The highest BCUT2D eigenvalue weighted by Gasteiger charge is 2.20. The molecule has 29 heavy (non-hydrogen) atoms. The molecule has 1 fully saturated rings. The second kappa shape index (κ2) is 8.64. The molecule has 1 N–H and O–H groups in total. The van der Waals surface area contributed by atoms with Crippen LogP contribution in [0.5, 0.6) is 0 Å². The summed E-state index contributed by atoms with van der Waals surface area (Å²) in [5, 5.41) is 11.3. The number of benzene rings is 1. The van der Waals surface area contributed by atoms with Crippen molar-refractivity contribution in [3.8, 4) is 0 Å². The number of hydrogen-bond donors (Lipinski definition) is 1. The molecule has 3 aromatic rings. The molecular weight excluding hydrogens is 366 g/mol. The van der Waals surface area contributed by atoms with Crippen molar-refractivity contribution in [3.63, 3.8) is 0 Å². The lowest BCUT2D eigenvalue weighted by Crippen LogP contribution is -2.47. The number of aromatic nitrogens is 4. The fraction of sp³-hybridized carbons (Fsp3) is 0.286. The first kappa shape index (κ1) is 18.8. The number of hydrogen-bond acceptors (Lipinski definition) is 7. The van der Waals surface area contributed by atoms with E-state index >= 15 is 0 Å². The quantitative estimate of drug-likeness (QED) is 0.712. The first-order chi connectivity index (χ1) is 14.2. The number of anilines is 2. The Morgan fingerprint density at radius 3 is 2.41 bits per heavy atom. The standard InChI is InChI=1S/C21H23N7O/c1-16-4-2-5-17(14-16)15-24-20(29)18-6-7-19(26-25-18)27-10-12-28(13-11-27)21-22-8-3-9-23-21/h2-9,14H,10-13,15H2,1H3,(H,24,29). The third-order valence-corrected chi connectivity index (χ3v) is 4.86. The van der Waals surface area contributed by atoms with Crippen molar-refractivity contribution in [2.75, 3.05) is 36.0 Å². The lowest BCUT2D eigenvalue weighted by atomic mass is 10.1. The predicted octanol–water partition coefficient (Wildman–Crippen LogP) is 1.83. The van der Waals surface area contributed by atoms with E-state index < -0.39 is 0 Å². The van der Waals surface area contributed by atoms with E-state index in [-0.39, 0.29) is 5.91 Å². The minimum absolute atomic E-state index is 0.225. The van der Waals surface area contributed by atoms with E-state index in [1.165, 1.54) is 5.56 Å². The summed E-state index contributed by atoms with van der Waals surface area (Å²) in [7, 11) is 0. The van der Waals surface area contributed by atoms with Crippen LogP contribution >= 0.6 is 0 Å². The highest BCUT2D eigenvalue weighted by atomic mass is 16.1. The minimum Gasteiger partial charge on any atom is -0.352 e. The van der Waals surface area contributed by atoms with Gasteiger partial charge < -0.3 is 15.1 Å². The Labute approximate surface area is 169 Å². The molecule has 0 aliphatic carbocycles. The molecule has 0 bridgehead atoms. The van der Waals surface area contributed by atoms with E-state index in [4.69, 9.17) is 0 Å². The van der Waals surface area contributed by atoms with Crippen LogP contribution in [0.15, 0.2) is 54.9 Å². The van der Waals surface area contributed by atoms with Crippen LogP contribution in [0.2, 0.25) is 0 Å². The molecule has 1 saturated heterocycles. The zero-order valence-corrected chi connectivity index (χ0v) is 16.3. The van der Waals surface area contributed by atoms with Gasteiger partial charge in [0, 0.05) is 45.1 Å².